The van der Waals surface area contributed by atoms with Gasteiger partial charge in [0.1, 0.15) is 6.10 Å². The van der Waals surface area contributed by atoms with Gasteiger partial charge in [0.25, 0.3) is 0 Å². The summed E-state index contributed by atoms with van der Waals surface area (Å²) in [7, 11) is 0. The molecular formula is C21H28O4. The van der Waals surface area contributed by atoms with Crippen LogP contribution in [0.25, 0.3) is 6.08 Å². The Labute approximate surface area is 150 Å². The molecule has 1 rings (SSSR count). The van der Waals surface area contributed by atoms with Gasteiger partial charge < -0.3 is 9.47 Å². The molecule has 0 radical (unpaired) electrons. The van der Waals surface area contributed by atoms with E-state index in [0.717, 1.165) is 31.2 Å². The summed E-state index contributed by atoms with van der Waals surface area (Å²) in [6.07, 6.45) is 9.79. The topological polar surface area (TPSA) is 52.6 Å². The summed E-state index contributed by atoms with van der Waals surface area (Å²) in [6.45, 7) is 5.29. The predicted octanol–water partition coefficient (Wildman–Crippen LogP) is 4.70. The second-order valence-corrected chi connectivity index (χ2v) is 5.95. The number of hydrogen-bond donors (Lipinski definition) is 0. The summed E-state index contributed by atoms with van der Waals surface area (Å²) in [4.78, 5) is 22.7. The SMILES string of the molecule is CCC(CCCC(C)OC(=O)/C=C/C=C/c1ccccc1)OC(C)=O. The molecular weight excluding hydrogens is 316 g/mol. The van der Waals surface area contributed by atoms with Gasteiger partial charge in [-0.2, -0.15) is 0 Å². The highest BCUT2D eigenvalue weighted by Gasteiger charge is 2.12. The van der Waals surface area contributed by atoms with Crippen molar-refractivity contribution in [2.75, 3.05) is 0 Å². The summed E-state index contributed by atoms with van der Waals surface area (Å²) in [5.74, 6) is -0.600. The lowest BCUT2D eigenvalue weighted by Gasteiger charge is -2.16. The monoisotopic (exact) mass is 344 g/mol. The first-order valence-corrected chi connectivity index (χ1v) is 8.79. The fraction of sp³-hybridized carbons (Fsp3) is 0.429. The molecule has 0 saturated heterocycles. The third-order valence-corrected chi connectivity index (χ3v) is 3.67. The normalized spacial score (nSPS) is 13.7. The van der Waals surface area contributed by atoms with E-state index in [9.17, 15) is 9.59 Å². The van der Waals surface area contributed by atoms with E-state index in [-0.39, 0.29) is 24.1 Å². The lowest BCUT2D eigenvalue weighted by atomic mass is 10.1. The molecule has 0 aliphatic rings. The highest BCUT2D eigenvalue weighted by atomic mass is 16.5. The number of carbonyl (C=O) groups is 2. The van der Waals surface area contributed by atoms with Gasteiger partial charge in [-0.25, -0.2) is 4.79 Å². The zero-order valence-electron chi connectivity index (χ0n) is 15.3. The van der Waals surface area contributed by atoms with Crippen LogP contribution in [0.5, 0.6) is 0 Å². The van der Waals surface area contributed by atoms with Crippen LogP contribution < -0.4 is 0 Å². The molecule has 136 valence electrons. The summed E-state index contributed by atoms with van der Waals surface area (Å²) in [5, 5.41) is 0. The van der Waals surface area contributed by atoms with Crippen molar-refractivity contribution >= 4 is 18.0 Å². The third kappa shape index (κ3) is 10.2. The van der Waals surface area contributed by atoms with Crippen LogP contribution in [0.3, 0.4) is 0 Å². The molecule has 0 aromatic heterocycles. The average molecular weight is 344 g/mol. The standard InChI is InChI=1S/C21H28O4/c1-4-20(25-18(3)22)15-10-11-17(2)24-21(23)16-9-8-14-19-12-6-5-7-13-19/h5-9,12-14,16-17,20H,4,10-11,15H2,1-3H3/b14-8+,16-9+. The van der Waals surface area contributed by atoms with Crippen molar-refractivity contribution in [2.45, 2.75) is 58.7 Å². The van der Waals surface area contributed by atoms with Gasteiger partial charge in [0.15, 0.2) is 0 Å². The molecule has 2 atom stereocenters. The van der Waals surface area contributed by atoms with Crippen LogP contribution in [-0.4, -0.2) is 24.1 Å². The molecule has 0 aliphatic carbocycles. The first-order valence-electron chi connectivity index (χ1n) is 8.79. The minimum absolute atomic E-state index is 0.0524. The van der Waals surface area contributed by atoms with Crippen LogP contribution >= 0.6 is 0 Å². The molecule has 0 saturated carbocycles. The molecule has 4 nitrogen and oxygen atoms in total. The van der Waals surface area contributed by atoms with E-state index < -0.39 is 0 Å². The van der Waals surface area contributed by atoms with Crippen molar-refractivity contribution < 1.29 is 19.1 Å². The molecule has 0 N–H and O–H groups in total. The van der Waals surface area contributed by atoms with Gasteiger partial charge in [-0.3, -0.25) is 4.79 Å². The van der Waals surface area contributed by atoms with E-state index in [0.29, 0.717) is 0 Å². The minimum Gasteiger partial charge on any atom is -0.463 e. The van der Waals surface area contributed by atoms with Gasteiger partial charge in [-0.15, -0.1) is 0 Å². The van der Waals surface area contributed by atoms with Gasteiger partial charge in [-0.05, 0) is 38.2 Å². The number of rotatable bonds is 10. The molecule has 0 amide bonds. The molecule has 1 aromatic carbocycles. The maximum atomic E-state index is 11.8. The molecule has 2 unspecified atom stereocenters. The largest absolute Gasteiger partial charge is 0.463 e. The Morgan fingerprint density at radius 3 is 2.44 bits per heavy atom. The Hall–Kier alpha value is -2.36. The first-order chi connectivity index (χ1) is 12.0. The van der Waals surface area contributed by atoms with E-state index >= 15 is 0 Å². The van der Waals surface area contributed by atoms with Crippen molar-refractivity contribution in [1.29, 1.82) is 0 Å². The van der Waals surface area contributed by atoms with E-state index in [4.69, 9.17) is 9.47 Å². The maximum absolute atomic E-state index is 11.8. The van der Waals surface area contributed by atoms with Crippen LogP contribution in [0, 0.1) is 0 Å². The highest BCUT2D eigenvalue weighted by Crippen LogP contribution is 2.12. The first kappa shape index (κ1) is 20.7. The third-order valence-electron chi connectivity index (χ3n) is 3.67. The van der Waals surface area contributed by atoms with Crippen LogP contribution in [0.4, 0.5) is 0 Å². The number of ether oxygens (including phenoxy) is 2. The lowest BCUT2D eigenvalue weighted by Crippen LogP contribution is -2.17. The van der Waals surface area contributed by atoms with Crippen molar-refractivity contribution in [3.8, 4) is 0 Å². The summed E-state index contributed by atoms with van der Waals surface area (Å²) < 4.78 is 10.5. The average Bonchev–Trinajstić information content (AvgIpc) is 2.58. The van der Waals surface area contributed by atoms with Crippen LogP contribution in [-0.2, 0) is 19.1 Å². The van der Waals surface area contributed by atoms with E-state index in [1.807, 2.05) is 56.3 Å². The molecule has 0 bridgehead atoms. The molecule has 0 fully saturated rings. The van der Waals surface area contributed by atoms with E-state index in [2.05, 4.69) is 0 Å². The summed E-state index contributed by atoms with van der Waals surface area (Å²) in [6, 6.07) is 9.86. The Morgan fingerprint density at radius 2 is 1.80 bits per heavy atom. The maximum Gasteiger partial charge on any atom is 0.331 e. The predicted molar refractivity (Wildman–Crippen MR) is 99.9 cm³/mol. The van der Waals surface area contributed by atoms with Crippen LogP contribution in [0.15, 0.2) is 48.6 Å². The zero-order valence-corrected chi connectivity index (χ0v) is 15.3. The Morgan fingerprint density at radius 1 is 1.08 bits per heavy atom. The Balaban J connectivity index is 2.25. The lowest BCUT2D eigenvalue weighted by molar-refractivity contribution is -0.146. The number of hydrogen-bond acceptors (Lipinski definition) is 4. The van der Waals surface area contributed by atoms with Gasteiger partial charge in [0.2, 0.25) is 0 Å². The fourth-order valence-corrected chi connectivity index (χ4v) is 2.38. The quantitative estimate of drug-likeness (QED) is 0.351. The Kier molecular flexibility index (Phi) is 9.98. The highest BCUT2D eigenvalue weighted by molar-refractivity contribution is 5.82. The minimum atomic E-state index is -0.350. The fourth-order valence-electron chi connectivity index (χ4n) is 2.38. The second-order valence-electron chi connectivity index (χ2n) is 5.95. The van der Waals surface area contributed by atoms with Crippen molar-refractivity contribution in [3.05, 3.63) is 54.1 Å². The summed E-state index contributed by atoms with van der Waals surface area (Å²) >= 11 is 0. The molecule has 0 spiro atoms. The van der Waals surface area contributed by atoms with E-state index in [1.165, 1.54) is 13.0 Å². The van der Waals surface area contributed by atoms with Gasteiger partial charge >= 0.3 is 11.9 Å². The van der Waals surface area contributed by atoms with Gasteiger partial charge in [-0.1, -0.05) is 55.5 Å². The molecule has 0 aliphatic heterocycles. The van der Waals surface area contributed by atoms with Crippen LogP contribution in [0.1, 0.15) is 52.0 Å². The zero-order chi connectivity index (χ0) is 18.5. The van der Waals surface area contributed by atoms with Crippen molar-refractivity contribution in [2.24, 2.45) is 0 Å². The van der Waals surface area contributed by atoms with Crippen LogP contribution in [0.2, 0.25) is 0 Å². The van der Waals surface area contributed by atoms with Crippen molar-refractivity contribution in [1.82, 2.24) is 0 Å². The number of benzene rings is 1. The number of esters is 2. The summed E-state index contributed by atoms with van der Waals surface area (Å²) in [5.41, 5.74) is 1.08. The smallest absolute Gasteiger partial charge is 0.331 e. The van der Waals surface area contributed by atoms with Gasteiger partial charge in [0.05, 0.1) is 6.10 Å². The number of allylic oxidation sites excluding steroid dienone is 2. The number of carbonyl (C=O) groups excluding carboxylic acids is 2. The Bertz CT molecular complexity index is 575. The molecule has 25 heavy (non-hydrogen) atoms. The van der Waals surface area contributed by atoms with Crippen molar-refractivity contribution in [3.63, 3.8) is 0 Å². The molecule has 1 aromatic rings. The molecule has 4 heteroatoms. The van der Waals surface area contributed by atoms with E-state index in [1.54, 1.807) is 6.08 Å². The molecule has 0 heterocycles. The van der Waals surface area contributed by atoms with Gasteiger partial charge in [0, 0.05) is 13.0 Å². The second kappa shape index (κ2) is 12.1.